The highest BCUT2D eigenvalue weighted by atomic mass is 32.1. The second kappa shape index (κ2) is 8.39. The number of carbonyl (C=O) groups is 1. The van der Waals surface area contributed by atoms with Crippen LogP contribution in [0.1, 0.15) is 23.7 Å². The third-order valence-corrected chi connectivity index (χ3v) is 5.30. The fourth-order valence-electron chi connectivity index (χ4n) is 3.19. The van der Waals surface area contributed by atoms with Crippen molar-refractivity contribution in [3.63, 3.8) is 0 Å². The number of aromatic nitrogens is 2. The largest absolute Gasteiger partial charge is 0.471 e. The third-order valence-electron chi connectivity index (χ3n) is 4.49. The molecule has 0 aliphatic carbocycles. The predicted molar refractivity (Wildman–Crippen MR) is 94.6 cm³/mol. The average Bonchev–Trinajstić information content (AvgIpc) is 3.11. The molecule has 1 N–H and O–H groups in total. The minimum absolute atomic E-state index is 0.130. The Hall–Kier alpha value is -2.27. The van der Waals surface area contributed by atoms with Gasteiger partial charge in [0.1, 0.15) is 12.4 Å². The summed E-state index contributed by atoms with van der Waals surface area (Å²) in [5.74, 6) is -2.33. The van der Waals surface area contributed by atoms with Gasteiger partial charge in [0.2, 0.25) is 5.13 Å². The van der Waals surface area contributed by atoms with E-state index in [0.29, 0.717) is 29.5 Å². The monoisotopic (exact) mass is 418 g/mol. The zero-order chi connectivity index (χ0) is 20.3. The van der Waals surface area contributed by atoms with E-state index in [4.69, 9.17) is 4.74 Å². The van der Waals surface area contributed by atoms with E-state index in [1.54, 1.807) is 4.90 Å². The van der Waals surface area contributed by atoms with Gasteiger partial charge in [-0.3, -0.25) is 4.79 Å². The van der Waals surface area contributed by atoms with E-state index < -0.39 is 23.9 Å². The maximum absolute atomic E-state index is 13.2. The summed E-state index contributed by atoms with van der Waals surface area (Å²) in [6, 6.07) is 4.76. The Morgan fingerprint density at radius 1 is 1.36 bits per heavy atom. The van der Waals surface area contributed by atoms with E-state index in [9.17, 15) is 22.4 Å². The molecule has 0 spiro atoms. The quantitative estimate of drug-likeness (QED) is 0.757. The molecule has 1 aliphatic heterocycles. The molecule has 152 valence electrons. The molecule has 11 heteroatoms. The molecule has 1 aromatic heterocycles. The molecule has 2 heterocycles. The summed E-state index contributed by atoms with van der Waals surface area (Å²) < 4.78 is 60.7. The van der Waals surface area contributed by atoms with E-state index in [2.05, 4.69) is 14.7 Å². The van der Waals surface area contributed by atoms with Crippen LogP contribution in [0.3, 0.4) is 0 Å². The number of alkyl halides is 3. The van der Waals surface area contributed by atoms with Crippen LogP contribution in [0.5, 0.6) is 0 Å². The Labute approximate surface area is 162 Å². The Bertz CT molecular complexity index is 812. The molecule has 1 amide bonds. The summed E-state index contributed by atoms with van der Waals surface area (Å²) in [7, 11) is 1.51. The maximum atomic E-state index is 13.2. The SMILES string of the molecule is COCc1nsc(N2CCC(c3ccc(F)cc3)C(NC(=O)C(F)(F)F)C2)n1. The first-order valence-corrected chi connectivity index (χ1v) is 9.25. The van der Waals surface area contributed by atoms with Gasteiger partial charge in [-0.05, 0) is 24.1 Å². The summed E-state index contributed by atoms with van der Waals surface area (Å²) in [6.45, 7) is 0.879. The van der Waals surface area contributed by atoms with Crippen molar-refractivity contribution in [3.05, 3.63) is 41.5 Å². The second-order valence-electron chi connectivity index (χ2n) is 6.40. The van der Waals surface area contributed by atoms with E-state index in [1.165, 1.54) is 31.4 Å². The van der Waals surface area contributed by atoms with Crippen LogP contribution in [0.4, 0.5) is 22.7 Å². The van der Waals surface area contributed by atoms with Crippen LogP contribution in [0, 0.1) is 5.82 Å². The molecule has 0 saturated carbocycles. The summed E-state index contributed by atoms with van der Waals surface area (Å²) >= 11 is 1.12. The minimum Gasteiger partial charge on any atom is -0.377 e. The average molecular weight is 418 g/mol. The lowest BCUT2D eigenvalue weighted by Gasteiger charge is -2.39. The van der Waals surface area contributed by atoms with Crippen LogP contribution in [0.2, 0.25) is 0 Å². The molecule has 1 aromatic carbocycles. The van der Waals surface area contributed by atoms with Gasteiger partial charge in [0.05, 0.1) is 6.04 Å². The molecule has 2 unspecified atom stereocenters. The summed E-state index contributed by atoms with van der Waals surface area (Å²) in [5.41, 5.74) is 0.672. The van der Waals surface area contributed by atoms with Crippen molar-refractivity contribution in [2.75, 3.05) is 25.1 Å². The number of nitrogens with one attached hydrogen (secondary N) is 1. The Balaban J connectivity index is 1.81. The maximum Gasteiger partial charge on any atom is 0.471 e. The lowest BCUT2D eigenvalue weighted by molar-refractivity contribution is -0.174. The Kier molecular flexibility index (Phi) is 6.14. The van der Waals surface area contributed by atoms with Gasteiger partial charge < -0.3 is 15.0 Å². The number of halogens is 4. The molecule has 1 saturated heterocycles. The van der Waals surface area contributed by atoms with Crippen molar-refractivity contribution in [1.29, 1.82) is 0 Å². The van der Waals surface area contributed by atoms with Gasteiger partial charge in [-0.2, -0.15) is 17.5 Å². The number of carbonyl (C=O) groups excluding carboxylic acids is 1. The van der Waals surface area contributed by atoms with E-state index in [0.717, 1.165) is 11.5 Å². The van der Waals surface area contributed by atoms with Crippen molar-refractivity contribution in [1.82, 2.24) is 14.7 Å². The number of amides is 1. The number of hydrogen-bond acceptors (Lipinski definition) is 6. The third kappa shape index (κ3) is 4.76. The highest BCUT2D eigenvalue weighted by Gasteiger charge is 2.42. The number of benzene rings is 1. The number of piperidine rings is 1. The first kappa shape index (κ1) is 20.5. The van der Waals surface area contributed by atoms with Gasteiger partial charge in [-0.1, -0.05) is 12.1 Å². The fourth-order valence-corrected chi connectivity index (χ4v) is 3.90. The zero-order valence-corrected chi connectivity index (χ0v) is 15.7. The van der Waals surface area contributed by atoms with E-state index in [1.807, 2.05) is 0 Å². The van der Waals surface area contributed by atoms with E-state index in [-0.39, 0.29) is 19.1 Å². The lowest BCUT2D eigenvalue weighted by atomic mass is 9.85. The first-order chi connectivity index (χ1) is 13.3. The summed E-state index contributed by atoms with van der Waals surface area (Å²) in [6.07, 6.45) is -4.52. The Morgan fingerprint density at radius 2 is 2.07 bits per heavy atom. The van der Waals surface area contributed by atoms with Crippen LogP contribution < -0.4 is 10.2 Å². The van der Waals surface area contributed by atoms with Crippen LogP contribution in [0.25, 0.3) is 0 Å². The van der Waals surface area contributed by atoms with Gasteiger partial charge in [-0.15, -0.1) is 0 Å². The molecule has 0 radical (unpaired) electrons. The molecule has 1 fully saturated rings. The predicted octanol–water partition coefficient (Wildman–Crippen LogP) is 2.86. The van der Waals surface area contributed by atoms with Gasteiger partial charge in [0.25, 0.3) is 0 Å². The highest BCUT2D eigenvalue weighted by Crippen LogP contribution is 2.32. The minimum atomic E-state index is -4.98. The van der Waals surface area contributed by atoms with Crippen LogP contribution >= 0.6 is 11.5 Å². The number of nitrogens with zero attached hydrogens (tertiary/aromatic N) is 3. The molecule has 2 atom stereocenters. The van der Waals surface area contributed by atoms with Crippen molar-refractivity contribution >= 4 is 22.6 Å². The van der Waals surface area contributed by atoms with Gasteiger partial charge >= 0.3 is 12.1 Å². The topological polar surface area (TPSA) is 67.3 Å². The number of anilines is 1. The van der Waals surface area contributed by atoms with E-state index >= 15 is 0 Å². The normalized spacial score (nSPS) is 20.2. The lowest BCUT2D eigenvalue weighted by Crippen LogP contribution is -2.54. The molecule has 1 aliphatic rings. The van der Waals surface area contributed by atoms with Gasteiger partial charge in [-0.25, -0.2) is 9.37 Å². The van der Waals surface area contributed by atoms with Crippen molar-refractivity contribution in [2.24, 2.45) is 0 Å². The van der Waals surface area contributed by atoms with Crippen LogP contribution in [-0.4, -0.2) is 47.7 Å². The molecule has 0 bridgehead atoms. The number of methoxy groups -OCH3 is 1. The first-order valence-electron chi connectivity index (χ1n) is 8.47. The standard InChI is InChI=1S/C17H18F4N4O2S/c1-27-9-14-23-16(28-24-14)25-7-6-12(10-2-4-11(18)5-3-10)13(8-25)22-15(26)17(19,20)21/h2-5,12-13H,6-9H2,1H3,(H,22,26). The smallest absolute Gasteiger partial charge is 0.377 e. The van der Waals surface area contributed by atoms with Crippen molar-refractivity contribution in [2.45, 2.75) is 31.2 Å². The summed E-state index contributed by atoms with van der Waals surface area (Å²) in [4.78, 5) is 17.6. The molecular weight excluding hydrogens is 400 g/mol. The van der Waals surface area contributed by atoms with Crippen LogP contribution in [-0.2, 0) is 16.1 Å². The molecule has 6 nitrogen and oxygen atoms in total. The van der Waals surface area contributed by atoms with Crippen molar-refractivity contribution in [3.8, 4) is 0 Å². The molecular formula is C17H18F4N4O2S. The summed E-state index contributed by atoms with van der Waals surface area (Å²) in [5, 5.41) is 2.64. The highest BCUT2D eigenvalue weighted by molar-refractivity contribution is 7.09. The van der Waals surface area contributed by atoms with Gasteiger partial charge in [0.15, 0.2) is 5.82 Å². The Morgan fingerprint density at radius 3 is 2.71 bits per heavy atom. The van der Waals surface area contributed by atoms with Crippen molar-refractivity contribution < 1.29 is 27.1 Å². The second-order valence-corrected chi connectivity index (χ2v) is 7.13. The van der Waals surface area contributed by atoms with Gasteiger partial charge in [0, 0.05) is 37.6 Å². The number of rotatable bonds is 5. The molecule has 2 aromatic rings. The fraction of sp³-hybridized carbons (Fsp3) is 0.471. The zero-order valence-electron chi connectivity index (χ0n) is 14.9. The number of ether oxygens (including phenoxy) is 1. The van der Waals surface area contributed by atoms with Crippen LogP contribution in [0.15, 0.2) is 24.3 Å². The molecule has 3 rings (SSSR count). The molecule has 28 heavy (non-hydrogen) atoms. The number of hydrogen-bond donors (Lipinski definition) is 1.